The third kappa shape index (κ3) is 3.73. The molecule has 0 saturated heterocycles. The summed E-state index contributed by atoms with van der Waals surface area (Å²) in [4.78, 5) is 19.7. The van der Waals surface area contributed by atoms with Crippen molar-refractivity contribution < 1.29 is 13.6 Å². The number of rotatable bonds is 7. The van der Waals surface area contributed by atoms with Gasteiger partial charge in [0, 0.05) is 18.7 Å². The third-order valence-electron chi connectivity index (χ3n) is 4.93. The third-order valence-corrected chi connectivity index (χ3v) is 5.54. The van der Waals surface area contributed by atoms with Gasteiger partial charge in [-0.1, -0.05) is 9.24 Å². The number of nitrogens with zero attached hydrogens (tertiary/aromatic N) is 3. The van der Waals surface area contributed by atoms with E-state index < -0.39 is 17.1 Å². The number of hydrogen-bond donors (Lipinski definition) is 2. The number of nitrogens with one attached hydrogen (secondary N) is 2. The normalized spacial score (nSPS) is 17.3. The summed E-state index contributed by atoms with van der Waals surface area (Å²) in [6, 6.07) is 1.21. The summed E-state index contributed by atoms with van der Waals surface area (Å²) in [5, 5.41) is 6.90. The van der Waals surface area contributed by atoms with Crippen molar-refractivity contribution in [3.05, 3.63) is 35.7 Å². The van der Waals surface area contributed by atoms with Gasteiger partial charge in [0.1, 0.15) is 11.5 Å². The van der Waals surface area contributed by atoms with Crippen LogP contribution in [0.15, 0.2) is 18.5 Å². The maximum Gasteiger partial charge on any atom is 0.270 e. The minimum absolute atomic E-state index is 0.292. The minimum Gasteiger partial charge on any atom is -0.344 e. The lowest BCUT2D eigenvalue weighted by Gasteiger charge is -2.25. The van der Waals surface area contributed by atoms with Gasteiger partial charge in [-0.05, 0) is 38.7 Å². The summed E-state index contributed by atoms with van der Waals surface area (Å²) in [5.41, 5.74) is -2.62. The highest BCUT2D eigenvalue weighted by Gasteiger charge is 2.58. The monoisotopic (exact) mass is 369 g/mol. The number of halogens is 2. The molecule has 9 heteroatoms. The van der Waals surface area contributed by atoms with Crippen LogP contribution >= 0.6 is 9.24 Å². The van der Waals surface area contributed by atoms with E-state index in [1.807, 2.05) is 6.92 Å². The van der Waals surface area contributed by atoms with Gasteiger partial charge in [-0.3, -0.25) is 9.48 Å². The van der Waals surface area contributed by atoms with Crippen LogP contribution in [0.1, 0.15) is 53.7 Å². The first-order chi connectivity index (χ1) is 11.7. The molecule has 6 nitrogen and oxygen atoms in total. The molecule has 25 heavy (non-hydrogen) atoms. The summed E-state index contributed by atoms with van der Waals surface area (Å²) in [7, 11) is 3.35. The Labute approximate surface area is 147 Å². The van der Waals surface area contributed by atoms with Gasteiger partial charge in [0.05, 0.1) is 17.9 Å². The Hall–Kier alpha value is -1.82. The molecule has 1 amide bonds. The van der Waals surface area contributed by atoms with Crippen LogP contribution in [0, 0.1) is 12.3 Å². The number of H-pyrrole nitrogens is 1. The van der Waals surface area contributed by atoms with Gasteiger partial charge in [-0.2, -0.15) is 5.10 Å². The van der Waals surface area contributed by atoms with Crippen LogP contribution in [-0.4, -0.2) is 31.3 Å². The molecule has 0 bridgehead atoms. The average Bonchev–Trinajstić information content (AvgIpc) is 3.03. The van der Waals surface area contributed by atoms with Crippen LogP contribution in [0.25, 0.3) is 0 Å². The number of aryl methyl sites for hydroxylation is 2. The zero-order chi connectivity index (χ0) is 18.2. The van der Waals surface area contributed by atoms with Crippen molar-refractivity contribution in [2.45, 2.75) is 44.3 Å². The van der Waals surface area contributed by atoms with Gasteiger partial charge >= 0.3 is 0 Å². The van der Waals surface area contributed by atoms with Crippen molar-refractivity contribution in [1.29, 1.82) is 0 Å². The van der Waals surface area contributed by atoms with E-state index in [1.165, 1.54) is 10.9 Å². The molecule has 2 heterocycles. The van der Waals surface area contributed by atoms with Crippen LogP contribution in [-0.2, 0) is 7.05 Å². The van der Waals surface area contributed by atoms with Crippen LogP contribution in [0.5, 0.6) is 0 Å². The van der Waals surface area contributed by atoms with Crippen LogP contribution < -0.4 is 5.32 Å². The maximum absolute atomic E-state index is 13.8. The number of hydrogen-bond acceptors (Lipinski definition) is 3. The molecular formula is C16H22F2N5OP. The maximum atomic E-state index is 13.8. The molecule has 2 N–H and O–H groups in total. The van der Waals surface area contributed by atoms with Crippen molar-refractivity contribution in [2.24, 2.45) is 12.5 Å². The molecule has 0 radical (unpaired) electrons. The van der Waals surface area contributed by atoms with Gasteiger partial charge in [0.25, 0.3) is 11.6 Å². The molecule has 2 atom stereocenters. The molecule has 1 saturated carbocycles. The first-order valence-corrected chi connectivity index (χ1v) is 8.77. The summed E-state index contributed by atoms with van der Waals surface area (Å²) in [6.07, 6.45) is 4.94. The van der Waals surface area contributed by atoms with Gasteiger partial charge in [0.2, 0.25) is 0 Å². The lowest BCUT2D eigenvalue weighted by molar-refractivity contribution is 0.0139. The van der Waals surface area contributed by atoms with E-state index in [4.69, 9.17) is 0 Å². The Morgan fingerprint density at radius 1 is 1.56 bits per heavy atom. The predicted octanol–water partition coefficient (Wildman–Crippen LogP) is 2.95. The van der Waals surface area contributed by atoms with Crippen molar-refractivity contribution in [2.75, 3.05) is 0 Å². The number of carbonyl (C=O) groups excluding carboxylic acids is 1. The highest BCUT2D eigenvalue weighted by molar-refractivity contribution is 7.18. The van der Waals surface area contributed by atoms with Crippen molar-refractivity contribution in [3.8, 4) is 0 Å². The number of alkyl halides is 2. The number of aromatic nitrogens is 4. The smallest absolute Gasteiger partial charge is 0.270 e. The predicted molar refractivity (Wildman–Crippen MR) is 92.3 cm³/mol. The summed E-state index contributed by atoms with van der Waals surface area (Å²) in [6.45, 7) is 1.81. The van der Waals surface area contributed by atoms with E-state index >= 15 is 0 Å². The van der Waals surface area contributed by atoms with E-state index in [2.05, 4.69) is 20.4 Å². The topological polar surface area (TPSA) is 75.6 Å². The van der Waals surface area contributed by atoms with Crippen LogP contribution in [0.3, 0.4) is 0 Å². The molecule has 0 aromatic carbocycles. The number of amides is 1. The molecule has 2 unspecified atom stereocenters. The molecule has 2 aromatic heterocycles. The van der Waals surface area contributed by atoms with Crippen molar-refractivity contribution >= 4 is 15.1 Å². The van der Waals surface area contributed by atoms with Crippen molar-refractivity contribution in [3.63, 3.8) is 0 Å². The van der Waals surface area contributed by atoms with Crippen LogP contribution in [0.4, 0.5) is 8.78 Å². The zero-order valence-corrected chi connectivity index (χ0v) is 15.4. The Balaban J connectivity index is 1.74. The standard InChI is InChI=1S/C16H22F2N5OP/c1-10-19-9-12(21-10)11(3-5-15(6-7-15)16(17,18)25)22-14(24)13-4-8-20-23(13)2/h4,8-9,11H,3,5-7,25H2,1-2H3,(H,19,21)(H,22,24). The highest BCUT2D eigenvalue weighted by Crippen LogP contribution is 2.62. The first kappa shape index (κ1) is 18.0. The van der Waals surface area contributed by atoms with Gasteiger partial charge in [-0.25, -0.2) is 13.8 Å². The largest absolute Gasteiger partial charge is 0.344 e. The molecule has 136 valence electrons. The Morgan fingerprint density at radius 3 is 2.76 bits per heavy atom. The second-order valence-electron chi connectivity index (χ2n) is 6.73. The molecule has 3 rings (SSSR count). The van der Waals surface area contributed by atoms with E-state index in [9.17, 15) is 13.6 Å². The second kappa shape index (κ2) is 6.48. The molecule has 1 fully saturated rings. The summed E-state index contributed by atoms with van der Waals surface area (Å²) < 4.78 is 29.1. The molecule has 0 aliphatic heterocycles. The molecule has 2 aromatic rings. The van der Waals surface area contributed by atoms with Gasteiger partial charge in [0.15, 0.2) is 0 Å². The fourth-order valence-corrected chi connectivity index (χ4v) is 3.51. The first-order valence-electron chi connectivity index (χ1n) is 8.19. The number of carbonyl (C=O) groups is 1. The molecule has 1 aliphatic carbocycles. The van der Waals surface area contributed by atoms with Crippen molar-refractivity contribution in [1.82, 2.24) is 25.1 Å². The molecule has 1 aliphatic rings. The Bertz CT molecular complexity index is 763. The lowest BCUT2D eigenvalue weighted by Crippen LogP contribution is -2.32. The fourth-order valence-electron chi connectivity index (χ4n) is 3.07. The fraction of sp³-hybridized carbons (Fsp3) is 0.562. The Morgan fingerprint density at radius 2 is 2.28 bits per heavy atom. The number of imidazole rings is 1. The number of aromatic amines is 1. The zero-order valence-electron chi connectivity index (χ0n) is 14.2. The average molecular weight is 369 g/mol. The second-order valence-corrected chi connectivity index (χ2v) is 7.46. The van der Waals surface area contributed by atoms with E-state index in [1.54, 1.807) is 28.6 Å². The summed E-state index contributed by atoms with van der Waals surface area (Å²) >= 11 is 0. The SMILES string of the molecule is Cc1ncc(C(CCC2(C(F)(F)P)CC2)NC(=O)c2ccnn2C)[nH]1. The van der Waals surface area contributed by atoms with Crippen LogP contribution in [0.2, 0.25) is 0 Å². The summed E-state index contributed by atoms with van der Waals surface area (Å²) in [5.74, 6) is 0.423. The van der Waals surface area contributed by atoms with E-state index in [0.717, 1.165) is 5.69 Å². The van der Waals surface area contributed by atoms with E-state index in [-0.39, 0.29) is 5.91 Å². The van der Waals surface area contributed by atoms with E-state index in [0.29, 0.717) is 37.2 Å². The van der Waals surface area contributed by atoms with Gasteiger partial charge in [-0.15, -0.1) is 0 Å². The Kier molecular flexibility index (Phi) is 4.66. The lowest BCUT2D eigenvalue weighted by atomic mass is 9.96. The minimum atomic E-state index is -2.78. The quantitative estimate of drug-likeness (QED) is 0.737. The molecule has 0 spiro atoms. The molecular weight excluding hydrogens is 347 g/mol. The highest BCUT2D eigenvalue weighted by atomic mass is 31.0. The van der Waals surface area contributed by atoms with Gasteiger partial charge < -0.3 is 10.3 Å².